The van der Waals surface area contributed by atoms with Crippen molar-refractivity contribution in [2.24, 2.45) is 0 Å². The number of halogens is 2. The van der Waals surface area contributed by atoms with Crippen LogP contribution < -0.4 is 9.64 Å². The first-order chi connectivity index (χ1) is 21.9. The quantitative estimate of drug-likeness (QED) is 0.0614. The predicted octanol–water partition coefficient (Wildman–Crippen LogP) is 9.28. The molecular weight excluding hydrogens is 649 g/mol. The average molecular weight is 681 g/mol. The van der Waals surface area contributed by atoms with Gasteiger partial charge in [-0.25, -0.2) is 0 Å². The molecule has 0 aliphatic carbocycles. The van der Waals surface area contributed by atoms with E-state index in [1.54, 1.807) is 30.3 Å². The van der Waals surface area contributed by atoms with E-state index in [-0.39, 0.29) is 10.7 Å². The van der Waals surface area contributed by atoms with Crippen LogP contribution in [-0.4, -0.2) is 33.6 Å². The van der Waals surface area contributed by atoms with Crippen LogP contribution in [0.15, 0.2) is 94.5 Å². The molecule has 1 aliphatic rings. The van der Waals surface area contributed by atoms with Crippen LogP contribution in [0.3, 0.4) is 0 Å². The van der Waals surface area contributed by atoms with Crippen LogP contribution in [0, 0.1) is 0 Å². The van der Waals surface area contributed by atoms with Gasteiger partial charge < -0.3 is 9.84 Å². The minimum absolute atomic E-state index is 0.0298. The zero-order chi connectivity index (χ0) is 31.8. The highest BCUT2D eigenvalue weighted by Crippen LogP contribution is 2.44. The van der Waals surface area contributed by atoms with Gasteiger partial charge in [-0.05, 0) is 53.5 Å². The summed E-state index contributed by atoms with van der Waals surface area (Å²) in [5, 5.41) is 21.0. The number of hydrogen-bond donors (Lipinski definition) is 1. The number of carbonyl (C=O) groups excluding carboxylic acids is 2. The monoisotopic (exact) mass is 679 g/mol. The van der Waals surface area contributed by atoms with E-state index in [0.29, 0.717) is 38.1 Å². The molecule has 2 heterocycles. The number of hydrogen-bond acceptors (Lipinski definition) is 8. The van der Waals surface area contributed by atoms with Crippen molar-refractivity contribution in [3.8, 4) is 5.75 Å². The van der Waals surface area contributed by atoms with Gasteiger partial charge >= 0.3 is 0 Å². The topological polar surface area (TPSA) is 92.6 Å². The summed E-state index contributed by atoms with van der Waals surface area (Å²) in [7, 11) is 0. The number of unbranched alkanes of at least 4 members (excludes halogenated alkanes) is 3. The summed E-state index contributed by atoms with van der Waals surface area (Å²) in [5.74, 6) is -0.617. The molecule has 1 atom stereocenters. The van der Waals surface area contributed by atoms with Gasteiger partial charge in [0, 0.05) is 15.8 Å². The highest BCUT2D eigenvalue weighted by Gasteiger charge is 2.45. The lowest BCUT2D eigenvalue weighted by molar-refractivity contribution is -0.117. The summed E-state index contributed by atoms with van der Waals surface area (Å²) in [6, 6.07) is 20.9. The lowest BCUT2D eigenvalue weighted by Crippen LogP contribution is -2.30. The van der Waals surface area contributed by atoms with Gasteiger partial charge in [0.25, 0.3) is 5.91 Å². The fourth-order valence-corrected chi connectivity index (χ4v) is 7.22. The van der Waals surface area contributed by atoms with Crippen molar-refractivity contribution < 1.29 is 19.4 Å². The number of rotatable bonds is 14. The number of aromatic nitrogens is 2. The van der Waals surface area contributed by atoms with E-state index in [2.05, 4.69) is 17.1 Å². The normalized spacial score (nSPS) is 15.0. The molecule has 3 aromatic carbocycles. The Morgan fingerprint density at radius 1 is 1.04 bits per heavy atom. The zero-order valence-corrected chi connectivity index (χ0v) is 27.6. The molecule has 4 aromatic rings. The Labute approximate surface area is 280 Å². The van der Waals surface area contributed by atoms with E-state index in [1.165, 1.54) is 40.5 Å². The number of ketones is 1. The molecule has 1 aromatic heterocycles. The first-order valence-electron chi connectivity index (χ1n) is 14.5. The van der Waals surface area contributed by atoms with Gasteiger partial charge in [-0.3, -0.25) is 14.5 Å². The van der Waals surface area contributed by atoms with Crippen LogP contribution in [0.25, 0.3) is 6.08 Å². The number of benzene rings is 3. The van der Waals surface area contributed by atoms with Crippen LogP contribution in [0.1, 0.15) is 55.3 Å². The standard InChI is InChI=1S/C34H31Cl2N3O4S2/c1-2-3-4-8-19-43-26-16-13-23(14-17-26)30-29(28(40)18-11-22-9-6-5-7-10-22)31(41)32(42)39(30)33-37-38-34(45-33)44-21-24-12-15-25(35)20-27(24)36/h5-7,9-18,20,30,41H,2-4,8,19,21H2,1H3. The summed E-state index contributed by atoms with van der Waals surface area (Å²) in [5.41, 5.74) is 2.29. The molecule has 1 N–H and O–H groups in total. The Morgan fingerprint density at radius 3 is 2.56 bits per heavy atom. The third kappa shape index (κ3) is 8.16. The maximum atomic E-state index is 13.6. The number of ether oxygens (including phenoxy) is 1. The van der Waals surface area contributed by atoms with Crippen molar-refractivity contribution in [3.05, 3.63) is 117 Å². The molecule has 0 saturated heterocycles. The molecule has 1 amide bonds. The number of anilines is 1. The van der Waals surface area contributed by atoms with Crippen LogP contribution in [0.4, 0.5) is 5.13 Å². The van der Waals surface area contributed by atoms with Crippen molar-refractivity contribution >= 4 is 69.2 Å². The van der Waals surface area contributed by atoms with Crippen LogP contribution >= 0.6 is 46.3 Å². The number of nitrogens with zero attached hydrogens (tertiary/aromatic N) is 3. The fraction of sp³-hybridized carbons (Fsp3) is 0.235. The SMILES string of the molecule is CCCCCCOc1ccc(C2C(C(=O)C=Cc3ccccc3)=C(O)C(=O)N2c2nnc(SCc3ccc(Cl)cc3Cl)s2)cc1. The highest BCUT2D eigenvalue weighted by molar-refractivity contribution is 8.00. The molecule has 5 rings (SSSR count). The van der Waals surface area contributed by atoms with Gasteiger partial charge in [0.1, 0.15) is 5.75 Å². The summed E-state index contributed by atoms with van der Waals surface area (Å²) >= 11 is 15.0. The Hall–Kier alpha value is -3.63. The van der Waals surface area contributed by atoms with Crippen molar-refractivity contribution in [3.63, 3.8) is 0 Å². The maximum absolute atomic E-state index is 13.6. The highest BCUT2D eigenvalue weighted by atomic mass is 35.5. The molecule has 7 nitrogen and oxygen atoms in total. The van der Waals surface area contributed by atoms with Gasteiger partial charge in [-0.2, -0.15) is 0 Å². The number of amides is 1. The van der Waals surface area contributed by atoms with E-state index in [4.69, 9.17) is 27.9 Å². The second-order valence-corrected chi connectivity index (χ2v) is 13.3. The minimum Gasteiger partial charge on any atom is -0.503 e. The van der Waals surface area contributed by atoms with Gasteiger partial charge in [0.15, 0.2) is 15.9 Å². The number of carbonyl (C=O) groups is 2. The predicted molar refractivity (Wildman–Crippen MR) is 182 cm³/mol. The van der Waals surface area contributed by atoms with Crippen molar-refractivity contribution in [1.29, 1.82) is 0 Å². The lowest BCUT2D eigenvalue weighted by Gasteiger charge is -2.24. The molecule has 11 heteroatoms. The molecule has 45 heavy (non-hydrogen) atoms. The molecule has 1 unspecified atom stereocenters. The molecule has 1 aliphatic heterocycles. The van der Waals surface area contributed by atoms with Crippen LogP contribution in [0.2, 0.25) is 10.0 Å². The van der Waals surface area contributed by atoms with E-state index in [0.717, 1.165) is 30.4 Å². The van der Waals surface area contributed by atoms with E-state index in [9.17, 15) is 14.7 Å². The van der Waals surface area contributed by atoms with Gasteiger partial charge in [0.2, 0.25) is 5.13 Å². The van der Waals surface area contributed by atoms with E-state index in [1.807, 2.05) is 48.5 Å². The van der Waals surface area contributed by atoms with Crippen molar-refractivity contribution in [2.75, 3.05) is 11.5 Å². The molecule has 0 bridgehead atoms. The number of thioether (sulfide) groups is 1. The summed E-state index contributed by atoms with van der Waals surface area (Å²) < 4.78 is 6.50. The van der Waals surface area contributed by atoms with Crippen LogP contribution in [0.5, 0.6) is 5.75 Å². The Morgan fingerprint density at radius 2 is 1.82 bits per heavy atom. The summed E-state index contributed by atoms with van der Waals surface area (Å²) in [6.07, 6.45) is 7.41. The Kier molecular flexibility index (Phi) is 11.3. The first kappa shape index (κ1) is 32.8. The fourth-order valence-electron chi connectivity index (χ4n) is 4.80. The number of aliphatic hydroxyl groups is 1. The molecule has 0 fully saturated rings. The number of aliphatic hydroxyl groups excluding tert-OH is 1. The molecular formula is C34H31Cl2N3O4S2. The van der Waals surface area contributed by atoms with Gasteiger partial charge in [-0.15, -0.1) is 10.2 Å². The Bertz CT molecular complexity index is 1710. The molecule has 232 valence electrons. The third-order valence-electron chi connectivity index (χ3n) is 7.13. The lowest BCUT2D eigenvalue weighted by atomic mass is 9.95. The largest absolute Gasteiger partial charge is 0.503 e. The second kappa shape index (κ2) is 15.6. The average Bonchev–Trinajstić information content (AvgIpc) is 3.61. The molecule has 0 saturated carbocycles. The maximum Gasteiger partial charge on any atom is 0.296 e. The summed E-state index contributed by atoms with van der Waals surface area (Å²) in [6.45, 7) is 2.77. The van der Waals surface area contributed by atoms with Crippen LogP contribution in [-0.2, 0) is 15.3 Å². The van der Waals surface area contributed by atoms with E-state index >= 15 is 0 Å². The van der Waals surface area contributed by atoms with Gasteiger partial charge in [0.05, 0.1) is 18.2 Å². The summed E-state index contributed by atoms with van der Waals surface area (Å²) in [4.78, 5) is 28.5. The minimum atomic E-state index is -0.916. The van der Waals surface area contributed by atoms with Gasteiger partial charge in [-0.1, -0.05) is 127 Å². The molecule has 0 radical (unpaired) electrons. The number of allylic oxidation sites excluding steroid dienone is 1. The van der Waals surface area contributed by atoms with Crippen molar-refractivity contribution in [2.45, 2.75) is 48.7 Å². The molecule has 0 spiro atoms. The third-order valence-corrected chi connectivity index (χ3v) is 9.82. The second-order valence-electron chi connectivity index (χ2n) is 10.3. The van der Waals surface area contributed by atoms with Crippen molar-refractivity contribution in [1.82, 2.24) is 10.2 Å². The zero-order valence-electron chi connectivity index (χ0n) is 24.5. The first-order valence-corrected chi connectivity index (χ1v) is 17.1. The Balaban J connectivity index is 1.41. The smallest absolute Gasteiger partial charge is 0.296 e. The van der Waals surface area contributed by atoms with E-state index < -0.39 is 23.5 Å².